The van der Waals surface area contributed by atoms with Gasteiger partial charge in [-0.05, 0) is 43.1 Å². The van der Waals surface area contributed by atoms with E-state index in [1.54, 1.807) is 11.8 Å². The van der Waals surface area contributed by atoms with E-state index in [9.17, 15) is 14.4 Å². The van der Waals surface area contributed by atoms with Gasteiger partial charge in [0.05, 0.1) is 6.04 Å². The molecule has 7 heteroatoms. The fourth-order valence-corrected chi connectivity index (χ4v) is 4.27. The van der Waals surface area contributed by atoms with Gasteiger partial charge in [-0.3, -0.25) is 9.59 Å². The summed E-state index contributed by atoms with van der Waals surface area (Å²) in [7, 11) is 0. The lowest BCUT2D eigenvalue weighted by atomic mass is 10.00. The minimum Gasteiger partial charge on any atom is -0.445 e. The maximum Gasteiger partial charge on any atom is 0.408 e. The summed E-state index contributed by atoms with van der Waals surface area (Å²) >= 11 is 1.64. The predicted octanol–water partition coefficient (Wildman–Crippen LogP) is 4.90. The van der Waals surface area contributed by atoms with Gasteiger partial charge in [-0.25, -0.2) is 4.79 Å². The Morgan fingerprint density at radius 2 is 1.48 bits per heavy atom. The second kappa shape index (κ2) is 13.7. The van der Waals surface area contributed by atoms with Gasteiger partial charge in [0, 0.05) is 5.25 Å². The third kappa shape index (κ3) is 9.30. The molecule has 0 heterocycles. The SMILES string of the molecule is CSC(CC(NC(=O)C(CC(C)C)NC(=O)OCc1ccccc1)C(C)=O)c1ccccc1. The molecule has 0 spiro atoms. The highest BCUT2D eigenvalue weighted by Crippen LogP contribution is 2.31. The number of thioether (sulfide) groups is 1. The molecule has 3 atom stereocenters. The largest absolute Gasteiger partial charge is 0.445 e. The molecular formula is C26H34N2O4S. The van der Waals surface area contributed by atoms with E-state index >= 15 is 0 Å². The Morgan fingerprint density at radius 3 is 2.03 bits per heavy atom. The number of ether oxygens (including phenoxy) is 1. The molecule has 3 unspecified atom stereocenters. The number of carbonyl (C=O) groups excluding carboxylic acids is 3. The van der Waals surface area contributed by atoms with Crippen LogP contribution >= 0.6 is 11.8 Å². The van der Waals surface area contributed by atoms with Crippen molar-refractivity contribution in [2.24, 2.45) is 5.92 Å². The maximum atomic E-state index is 13.1. The number of Topliss-reactive ketones (excluding diaryl/α,β-unsaturated/α-hetero) is 1. The number of rotatable bonds is 12. The van der Waals surface area contributed by atoms with Crippen LogP contribution in [0.1, 0.15) is 50.0 Å². The van der Waals surface area contributed by atoms with Crippen molar-refractivity contribution in [3.8, 4) is 0 Å². The average molecular weight is 471 g/mol. The average Bonchev–Trinajstić information content (AvgIpc) is 2.80. The Hall–Kier alpha value is -2.80. The first-order valence-corrected chi connectivity index (χ1v) is 12.4. The molecule has 2 aromatic carbocycles. The lowest BCUT2D eigenvalue weighted by molar-refractivity contribution is -0.128. The van der Waals surface area contributed by atoms with Crippen LogP contribution in [0.5, 0.6) is 0 Å². The summed E-state index contributed by atoms with van der Waals surface area (Å²) < 4.78 is 5.28. The van der Waals surface area contributed by atoms with Crippen LogP contribution in [0.3, 0.4) is 0 Å². The molecule has 2 N–H and O–H groups in total. The third-order valence-electron chi connectivity index (χ3n) is 5.24. The van der Waals surface area contributed by atoms with E-state index in [0.29, 0.717) is 12.8 Å². The Labute approximate surface area is 200 Å². The molecule has 0 aliphatic carbocycles. The molecule has 0 fully saturated rings. The maximum absolute atomic E-state index is 13.1. The highest BCUT2D eigenvalue weighted by Gasteiger charge is 2.28. The van der Waals surface area contributed by atoms with Crippen LogP contribution in [0.15, 0.2) is 60.7 Å². The van der Waals surface area contributed by atoms with Crippen molar-refractivity contribution in [3.05, 3.63) is 71.8 Å². The van der Waals surface area contributed by atoms with E-state index < -0.39 is 18.2 Å². The quantitative estimate of drug-likeness (QED) is 0.461. The monoisotopic (exact) mass is 470 g/mol. The molecule has 33 heavy (non-hydrogen) atoms. The van der Waals surface area contributed by atoms with Gasteiger partial charge in [-0.1, -0.05) is 74.5 Å². The molecular weight excluding hydrogens is 436 g/mol. The Morgan fingerprint density at radius 1 is 0.879 bits per heavy atom. The summed E-state index contributed by atoms with van der Waals surface area (Å²) in [5.74, 6) is -0.337. The van der Waals surface area contributed by atoms with Crippen LogP contribution in [0.2, 0.25) is 0 Å². The zero-order valence-electron chi connectivity index (χ0n) is 19.7. The van der Waals surface area contributed by atoms with E-state index in [-0.39, 0.29) is 29.5 Å². The topological polar surface area (TPSA) is 84.5 Å². The van der Waals surface area contributed by atoms with Crippen LogP contribution in [-0.4, -0.2) is 36.1 Å². The summed E-state index contributed by atoms with van der Waals surface area (Å²) in [6.07, 6.45) is 2.23. The van der Waals surface area contributed by atoms with Crippen molar-refractivity contribution < 1.29 is 19.1 Å². The molecule has 2 amide bonds. The van der Waals surface area contributed by atoms with Crippen molar-refractivity contribution in [3.63, 3.8) is 0 Å². The fourth-order valence-electron chi connectivity index (χ4n) is 3.46. The number of ketones is 1. The second-order valence-electron chi connectivity index (χ2n) is 8.43. The zero-order valence-corrected chi connectivity index (χ0v) is 20.6. The fraction of sp³-hybridized carbons (Fsp3) is 0.423. The molecule has 0 bridgehead atoms. The van der Waals surface area contributed by atoms with Gasteiger partial charge in [0.25, 0.3) is 0 Å². The minimum atomic E-state index is -0.792. The highest BCUT2D eigenvalue weighted by atomic mass is 32.2. The summed E-state index contributed by atoms with van der Waals surface area (Å²) in [6, 6.07) is 17.8. The van der Waals surface area contributed by atoms with Crippen LogP contribution in [0.25, 0.3) is 0 Å². The number of hydrogen-bond acceptors (Lipinski definition) is 5. The smallest absolute Gasteiger partial charge is 0.408 e. The van der Waals surface area contributed by atoms with Gasteiger partial charge in [0.1, 0.15) is 12.6 Å². The number of nitrogens with one attached hydrogen (secondary N) is 2. The van der Waals surface area contributed by atoms with Crippen molar-refractivity contribution in [1.82, 2.24) is 10.6 Å². The number of hydrogen-bond donors (Lipinski definition) is 2. The van der Waals surface area contributed by atoms with Crippen LogP contribution in [-0.2, 0) is 20.9 Å². The number of amides is 2. The van der Waals surface area contributed by atoms with Crippen molar-refractivity contribution in [2.45, 2.75) is 57.6 Å². The molecule has 0 aromatic heterocycles. The molecule has 178 valence electrons. The van der Waals surface area contributed by atoms with Gasteiger partial charge in [0.2, 0.25) is 5.91 Å². The van der Waals surface area contributed by atoms with Gasteiger partial charge in [0.15, 0.2) is 5.78 Å². The molecule has 2 rings (SSSR count). The van der Waals surface area contributed by atoms with E-state index in [2.05, 4.69) is 10.6 Å². The number of benzene rings is 2. The molecule has 6 nitrogen and oxygen atoms in total. The number of alkyl carbamates (subject to hydrolysis) is 1. The summed E-state index contributed by atoms with van der Waals surface area (Å²) in [5.41, 5.74) is 1.96. The minimum absolute atomic E-state index is 0.0627. The van der Waals surface area contributed by atoms with Crippen LogP contribution in [0, 0.1) is 5.92 Å². The van der Waals surface area contributed by atoms with Crippen molar-refractivity contribution in [2.75, 3.05) is 6.26 Å². The van der Waals surface area contributed by atoms with Crippen LogP contribution < -0.4 is 10.6 Å². The highest BCUT2D eigenvalue weighted by molar-refractivity contribution is 7.98. The van der Waals surface area contributed by atoms with Gasteiger partial charge in [-0.15, -0.1) is 0 Å². The van der Waals surface area contributed by atoms with Gasteiger partial charge < -0.3 is 15.4 Å². The number of carbonyl (C=O) groups is 3. The van der Waals surface area contributed by atoms with Crippen molar-refractivity contribution >= 4 is 29.5 Å². The first-order chi connectivity index (χ1) is 15.8. The molecule has 0 aliphatic heterocycles. The normalized spacial score (nSPS) is 13.6. The standard InChI is InChI=1S/C26H34N2O4S/c1-18(2)15-23(28-26(31)32-17-20-11-7-5-8-12-20)25(30)27-22(19(3)29)16-24(33-4)21-13-9-6-10-14-21/h5-14,18,22-24H,15-17H2,1-4H3,(H,27,30)(H,28,31). The summed E-state index contributed by atoms with van der Waals surface area (Å²) in [4.78, 5) is 37.8. The van der Waals surface area contributed by atoms with E-state index in [0.717, 1.165) is 11.1 Å². The Bertz CT molecular complexity index is 890. The molecule has 0 saturated heterocycles. The molecule has 2 aromatic rings. The third-order valence-corrected chi connectivity index (χ3v) is 6.27. The zero-order chi connectivity index (χ0) is 24.2. The van der Waals surface area contributed by atoms with E-state index in [1.165, 1.54) is 6.92 Å². The van der Waals surface area contributed by atoms with Crippen LogP contribution in [0.4, 0.5) is 4.79 Å². The van der Waals surface area contributed by atoms with E-state index in [4.69, 9.17) is 4.74 Å². The second-order valence-corrected chi connectivity index (χ2v) is 9.47. The van der Waals surface area contributed by atoms with Gasteiger partial charge in [-0.2, -0.15) is 11.8 Å². The predicted molar refractivity (Wildman–Crippen MR) is 133 cm³/mol. The first-order valence-electron chi connectivity index (χ1n) is 11.2. The Kier molecular flexibility index (Phi) is 11.0. The molecule has 0 aliphatic rings. The first kappa shape index (κ1) is 26.5. The molecule has 0 saturated carbocycles. The van der Waals surface area contributed by atoms with Crippen molar-refractivity contribution in [1.29, 1.82) is 0 Å². The lowest BCUT2D eigenvalue weighted by Crippen LogP contribution is -2.52. The van der Waals surface area contributed by atoms with E-state index in [1.807, 2.05) is 80.8 Å². The van der Waals surface area contributed by atoms with Gasteiger partial charge >= 0.3 is 6.09 Å². The summed E-state index contributed by atoms with van der Waals surface area (Å²) in [6.45, 7) is 5.54. The molecule has 0 radical (unpaired) electrons. The lowest BCUT2D eigenvalue weighted by Gasteiger charge is -2.25. The summed E-state index contributed by atoms with van der Waals surface area (Å²) in [5, 5.41) is 5.60. The Balaban J connectivity index is 2.02.